The van der Waals surface area contributed by atoms with E-state index < -0.39 is 0 Å². The number of hydrogen-bond acceptors (Lipinski definition) is 3. The van der Waals surface area contributed by atoms with Crippen LogP contribution in [0.3, 0.4) is 0 Å². The maximum Gasteiger partial charge on any atom is 0.161 e. The molecule has 0 spiro atoms. The van der Waals surface area contributed by atoms with Crippen LogP contribution in [0.25, 0.3) is 6.08 Å². The predicted octanol–water partition coefficient (Wildman–Crippen LogP) is 2.88. The van der Waals surface area contributed by atoms with Gasteiger partial charge in [-0.05, 0) is 24.1 Å². The number of unbranched alkanes of at least 4 members (excludes halogenated alkanes) is 1. The van der Waals surface area contributed by atoms with Gasteiger partial charge in [0, 0.05) is 0 Å². The zero-order valence-corrected chi connectivity index (χ0v) is 10.5. The van der Waals surface area contributed by atoms with Crippen molar-refractivity contribution in [3.8, 4) is 11.5 Å². The molecule has 1 N–H and O–H groups in total. The van der Waals surface area contributed by atoms with Gasteiger partial charge in [0.05, 0.1) is 20.3 Å². The molecule has 1 aromatic rings. The van der Waals surface area contributed by atoms with Crippen molar-refractivity contribution in [3.05, 3.63) is 29.8 Å². The summed E-state index contributed by atoms with van der Waals surface area (Å²) in [6.07, 6.45) is 5.68. The van der Waals surface area contributed by atoms with Crippen LogP contribution in [0.5, 0.6) is 11.5 Å². The van der Waals surface area contributed by atoms with Gasteiger partial charge in [-0.25, -0.2) is 0 Å². The molecule has 3 heteroatoms. The fourth-order valence-corrected chi connectivity index (χ4v) is 1.43. The highest BCUT2D eigenvalue weighted by atomic mass is 16.5. The Kier molecular flexibility index (Phi) is 6.18. The number of aliphatic hydroxyl groups is 1. The SMILES string of the molecule is CCCCOc1cc(/C=C/CO)ccc1OC. The third-order valence-electron chi connectivity index (χ3n) is 2.36. The molecule has 0 aliphatic carbocycles. The van der Waals surface area contributed by atoms with Crippen LogP contribution in [0, 0.1) is 0 Å². The topological polar surface area (TPSA) is 38.7 Å². The molecular formula is C14H20O3. The Labute approximate surface area is 103 Å². The van der Waals surface area contributed by atoms with Crippen molar-refractivity contribution < 1.29 is 14.6 Å². The number of methoxy groups -OCH3 is 1. The highest BCUT2D eigenvalue weighted by Crippen LogP contribution is 2.28. The quantitative estimate of drug-likeness (QED) is 0.740. The molecular weight excluding hydrogens is 216 g/mol. The fraction of sp³-hybridized carbons (Fsp3) is 0.429. The summed E-state index contributed by atoms with van der Waals surface area (Å²) >= 11 is 0. The number of hydrogen-bond donors (Lipinski definition) is 1. The summed E-state index contributed by atoms with van der Waals surface area (Å²) in [5, 5.41) is 8.73. The van der Waals surface area contributed by atoms with Gasteiger partial charge in [-0.1, -0.05) is 31.6 Å². The average molecular weight is 236 g/mol. The van der Waals surface area contributed by atoms with E-state index in [0.717, 1.165) is 29.9 Å². The molecule has 3 nitrogen and oxygen atoms in total. The van der Waals surface area contributed by atoms with Gasteiger partial charge < -0.3 is 14.6 Å². The molecule has 1 rings (SSSR count). The zero-order chi connectivity index (χ0) is 12.5. The van der Waals surface area contributed by atoms with E-state index in [1.807, 2.05) is 24.3 Å². The van der Waals surface area contributed by atoms with Gasteiger partial charge in [0.1, 0.15) is 0 Å². The van der Waals surface area contributed by atoms with E-state index >= 15 is 0 Å². The number of aliphatic hydroxyl groups excluding tert-OH is 1. The predicted molar refractivity (Wildman–Crippen MR) is 69.5 cm³/mol. The second-order valence-corrected chi connectivity index (χ2v) is 3.70. The summed E-state index contributed by atoms with van der Waals surface area (Å²) in [5.41, 5.74) is 0.992. The van der Waals surface area contributed by atoms with Crippen LogP contribution in [0.1, 0.15) is 25.3 Å². The summed E-state index contributed by atoms with van der Waals surface area (Å²) in [6, 6.07) is 5.72. The van der Waals surface area contributed by atoms with Gasteiger partial charge in [0.15, 0.2) is 11.5 Å². The molecule has 0 unspecified atom stereocenters. The lowest BCUT2D eigenvalue weighted by atomic mass is 10.2. The summed E-state index contributed by atoms with van der Waals surface area (Å²) in [4.78, 5) is 0. The van der Waals surface area contributed by atoms with Crippen molar-refractivity contribution in [2.24, 2.45) is 0 Å². The number of rotatable bonds is 7. The van der Waals surface area contributed by atoms with Crippen LogP contribution in [0.4, 0.5) is 0 Å². The minimum Gasteiger partial charge on any atom is -0.493 e. The number of benzene rings is 1. The first-order valence-corrected chi connectivity index (χ1v) is 5.90. The summed E-state index contributed by atoms with van der Waals surface area (Å²) in [7, 11) is 1.63. The van der Waals surface area contributed by atoms with Gasteiger partial charge in [-0.3, -0.25) is 0 Å². The molecule has 94 valence electrons. The number of ether oxygens (including phenoxy) is 2. The van der Waals surface area contributed by atoms with E-state index in [0.29, 0.717) is 6.61 Å². The second-order valence-electron chi connectivity index (χ2n) is 3.70. The van der Waals surface area contributed by atoms with E-state index in [1.54, 1.807) is 13.2 Å². The lowest BCUT2D eigenvalue weighted by molar-refractivity contribution is 0.288. The van der Waals surface area contributed by atoms with E-state index in [1.165, 1.54) is 0 Å². The minimum atomic E-state index is 0.0397. The van der Waals surface area contributed by atoms with Crippen molar-refractivity contribution in [2.75, 3.05) is 20.3 Å². The Morgan fingerprint density at radius 2 is 2.12 bits per heavy atom. The zero-order valence-electron chi connectivity index (χ0n) is 10.5. The van der Waals surface area contributed by atoms with E-state index in [2.05, 4.69) is 6.92 Å². The Morgan fingerprint density at radius 3 is 2.76 bits per heavy atom. The molecule has 0 bridgehead atoms. The van der Waals surface area contributed by atoms with Crippen molar-refractivity contribution in [3.63, 3.8) is 0 Å². The summed E-state index contributed by atoms with van der Waals surface area (Å²) in [6.45, 7) is 2.86. The van der Waals surface area contributed by atoms with Gasteiger partial charge in [0.25, 0.3) is 0 Å². The minimum absolute atomic E-state index is 0.0397. The first-order valence-electron chi connectivity index (χ1n) is 5.90. The molecule has 1 aromatic carbocycles. The molecule has 0 aliphatic rings. The molecule has 0 atom stereocenters. The van der Waals surface area contributed by atoms with Crippen molar-refractivity contribution in [1.29, 1.82) is 0 Å². The Morgan fingerprint density at radius 1 is 1.29 bits per heavy atom. The van der Waals surface area contributed by atoms with Gasteiger partial charge in [-0.15, -0.1) is 0 Å². The maximum absolute atomic E-state index is 8.73. The molecule has 17 heavy (non-hydrogen) atoms. The molecule has 0 saturated carbocycles. The molecule has 0 heterocycles. The monoisotopic (exact) mass is 236 g/mol. The van der Waals surface area contributed by atoms with Crippen molar-refractivity contribution in [1.82, 2.24) is 0 Å². The first kappa shape index (κ1) is 13.6. The van der Waals surface area contributed by atoms with Gasteiger partial charge >= 0.3 is 0 Å². The average Bonchev–Trinajstić information content (AvgIpc) is 2.37. The van der Waals surface area contributed by atoms with Crippen molar-refractivity contribution in [2.45, 2.75) is 19.8 Å². The maximum atomic E-state index is 8.73. The normalized spacial score (nSPS) is 10.8. The van der Waals surface area contributed by atoms with Gasteiger partial charge in [-0.2, -0.15) is 0 Å². The molecule has 0 aromatic heterocycles. The smallest absolute Gasteiger partial charge is 0.161 e. The molecule has 0 amide bonds. The van der Waals surface area contributed by atoms with Gasteiger partial charge in [0.2, 0.25) is 0 Å². The van der Waals surface area contributed by atoms with Crippen LogP contribution in [-0.2, 0) is 0 Å². The Hall–Kier alpha value is -1.48. The largest absolute Gasteiger partial charge is 0.493 e. The lowest BCUT2D eigenvalue weighted by Gasteiger charge is -2.11. The highest BCUT2D eigenvalue weighted by molar-refractivity contribution is 5.55. The first-order chi connectivity index (χ1) is 8.31. The third-order valence-corrected chi connectivity index (χ3v) is 2.36. The van der Waals surface area contributed by atoms with E-state index in [9.17, 15) is 0 Å². The van der Waals surface area contributed by atoms with Crippen molar-refractivity contribution >= 4 is 6.08 Å². The molecule has 0 radical (unpaired) electrons. The Bertz CT molecular complexity index is 358. The van der Waals surface area contributed by atoms with E-state index in [-0.39, 0.29) is 6.61 Å². The second kappa shape index (κ2) is 7.74. The fourth-order valence-electron chi connectivity index (χ4n) is 1.43. The van der Waals surface area contributed by atoms with Crippen LogP contribution >= 0.6 is 0 Å². The molecule has 0 fully saturated rings. The summed E-state index contributed by atoms with van der Waals surface area (Å²) in [5.74, 6) is 1.49. The molecule has 0 aliphatic heterocycles. The standard InChI is InChI=1S/C14H20O3/c1-3-4-10-17-14-11-12(6-5-9-15)7-8-13(14)16-2/h5-8,11,15H,3-4,9-10H2,1-2H3/b6-5+. The van der Waals surface area contributed by atoms with Crippen LogP contribution in [-0.4, -0.2) is 25.4 Å². The highest BCUT2D eigenvalue weighted by Gasteiger charge is 2.04. The third kappa shape index (κ3) is 4.49. The van der Waals surface area contributed by atoms with E-state index in [4.69, 9.17) is 14.6 Å². The van der Waals surface area contributed by atoms with Crippen LogP contribution in [0.15, 0.2) is 24.3 Å². The Balaban J connectivity index is 2.78. The summed E-state index contributed by atoms with van der Waals surface area (Å²) < 4.78 is 10.9. The van der Waals surface area contributed by atoms with Crippen LogP contribution in [0.2, 0.25) is 0 Å². The van der Waals surface area contributed by atoms with Crippen LogP contribution < -0.4 is 9.47 Å². The lowest BCUT2D eigenvalue weighted by Crippen LogP contribution is -1.99. The molecule has 0 saturated heterocycles.